The van der Waals surface area contributed by atoms with Crippen molar-refractivity contribution in [2.24, 2.45) is 0 Å². The van der Waals surface area contributed by atoms with Gasteiger partial charge in [-0.25, -0.2) is 14.8 Å². The van der Waals surface area contributed by atoms with E-state index in [1.54, 1.807) is 19.1 Å². The number of rotatable bonds is 3. The number of nitrogens with two attached hydrogens (primary N) is 1. The van der Waals surface area contributed by atoms with E-state index in [1.165, 1.54) is 11.3 Å². The van der Waals surface area contributed by atoms with Crippen LogP contribution in [0.15, 0.2) is 24.3 Å². The van der Waals surface area contributed by atoms with Crippen LogP contribution in [-0.4, -0.2) is 22.5 Å². The zero-order valence-electron chi connectivity index (χ0n) is 12.6. The van der Waals surface area contributed by atoms with Gasteiger partial charge in [0.25, 0.3) is 0 Å². The minimum atomic E-state index is -0.368. The van der Waals surface area contributed by atoms with Gasteiger partial charge in [0, 0.05) is 16.0 Å². The predicted molar refractivity (Wildman–Crippen MR) is 93.0 cm³/mol. The maximum absolute atomic E-state index is 11.9. The van der Waals surface area contributed by atoms with E-state index in [0.717, 1.165) is 16.5 Å². The summed E-state index contributed by atoms with van der Waals surface area (Å²) in [5.74, 6) is -0.202. The molecule has 23 heavy (non-hydrogen) atoms. The van der Waals surface area contributed by atoms with Gasteiger partial charge in [-0.2, -0.15) is 0 Å². The highest BCUT2D eigenvalue weighted by Gasteiger charge is 2.18. The number of anilines is 1. The maximum atomic E-state index is 11.9. The number of aryl methyl sites for hydroxylation is 1. The number of halogens is 1. The molecule has 118 valence electrons. The van der Waals surface area contributed by atoms with E-state index in [2.05, 4.69) is 9.97 Å². The van der Waals surface area contributed by atoms with Crippen molar-refractivity contribution in [3.63, 3.8) is 0 Å². The third-order valence-electron chi connectivity index (χ3n) is 3.33. The van der Waals surface area contributed by atoms with Gasteiger partial charge in [-0.1, -0.05) is 17.7 Å². The summed E-state index contributed by atoms with van der Waals surface area (Å²) < 4.78 is 5.05. The number of benzene rings is 1. The number of nitrogens with zero attached hydrogens (tertiary/aromatic N) is 2. The molecule has 0 aliphatic heterocycles. The van der Waals surface area contributed by atoms with E-state index in [0.29, 0.717) is 27.0 Å². The van der Waals surface area contributed by atoms with Gasteiger partial charge in [-0.05, 0) is 37.6 Å². The molecule has 0 amide bonds. The number of nitrogen functional groups attached to an aromatic ring is 1. The van der Waals surface area contributed by atoms with Crippen molar-refractivity contribution in [3.05, 3.63) is 39.7 Å². The molecular formula is C16H14ClN3O2S. The zero-order chi connectivity index (χ0) is 16.6. The second-order valence-electron chi connectivity index (χ2n) is 4.94. The molecule has 0 bridgehead atoms. The molecule has 2 heterocycles. The Balaban J connectivity index is 2.22. The largest absolute Gasteiger partial charge is 0.462 e. The molecule has 0 aliphatic rings. The molecule has 0 radical (unpaired) electrons. The molecule has 0 aliphatic carbocycles. The van der Waals surface area contributed by atoms with Crippen molar-refractivity contribution in [1.82, 2.24) is 9.97 Å². The van der Waals surface area contributed by atoms with Crippen molar-refractivity contribution in [2.45, 2.75) is 13.8 Å². The number of carbonyl (C=O) groups is 1. The highest BCUT2D eigenvalue weighted by Crippen LogP contribution is 2.34. The topological polar surface area (TPSA) is 78.1 Å². The Bertz CT molecular complexity index is 908. The van der Waals surface area contributed by atoms with Crippen molar-refractivity contribution >= 4 is 45.1 Å². The molecular weight excluding hydrogens is 334 g/mol. The van der Waals surface area contributed by atoms with E-state index < -0.39 is 0 Å². The maximum Gasteiger partial charge on any atom is 0.348 e. The lowest BCUT2D eigenvalue weighted by molar-refractivity contribution is 0.0532. The van der Waals surface area contributed by atoms with Crippen LogP contribution in [-0.2, 0) is 4.74 Å². The van der Waals surface area contributed by atoms with E-state index in [-0.39, 0.29) is 11.9 Å². The number of esters is 1. The lowest BCUT2D eigenvalue weighted by Gasteiger charge is -2.07. The standard InChI is InChI=1S/C16H14ClN3O2S/c1-3-22-15(21)12-7-11-13(19-16(18)20-14(11)23-12)10-5-4-9(17)6-8(10)2/h4-7H,3H2,1-2H3,(H2,18,19,20). The molecule has 0 atom stereocenters. The second kappa shape index (κ2) is 6.14. The Kier molecular flexibility index (Phi) is 4.19. The Hall–Kier alpha value is -2.18. The molecule has 0 spiro atoms. The van der Waals surface area contributed by atoms with Crippen molar-refractivity contribution in [1.29, 1.82) is 0 Å². The monoisotopic (exact) mass is 347 g/mol. The van der Waals surface area contributed by atoms with Gasteiger partial charge < -0.3 is 10.5 Å². The first kappa shape index (κ1) is 15.7. The Morgan fingerprint density at radius 1 is 1.35 bits per heavy atom. The van der Waals surface area contributed by atoms with Gasteiger partial charge >= 0.3 is 5.97 Å². The molecule has 3 aromatic rings. The highest BCUT2D eigenvalue weighted by molar-refractivity contribution is 7.20. The Labute approximate surface area is 142 Å². The molecule has 0 saturated carbocycles. The van der Waals surface area contributed by atoms with Gasteiger partial charge in [0.15, 0.2) is 0 Å². The van der Waals surface area contributed by atoms with Crippen molar-refractivity contribution in [3.8, 4) is 11.3 Å². The molecule has 7 heteroatoms. The first-order valence-corrected chi connectivity index (χ1v) is 8.19. The SMILES string of the molecule is CCOC(=O)c1cc2c(-c3ccc(Cl)cc3C)nc(N)nc2s1. The van der Waals surface area contributed by atoms with Gasteiger partial charge in [0.1, 0.15) is 9.71 Å². The molecule has 2 N–H and O–H groups in total. The average molecular weight is 348 g/mol. The second-order valence-corrected chi connectivity index (χ2v) is 6.41. The third kappa shape index (κ3) is 3.00. The zero-order valence-corrected chi connectivity index (χ0v) is 14.2. The third-order valence-corrected chi connectivity index (χ3v) is 4.57. The van der Waals surface area contributed by atoms with Crippen LogP contribution in [0.25, 0.3) is 21.5 Å². The number of thiophene rings is 1. The first-order chi connectivity index (χ1) is 11.0. The van der Waals surface area contributed by atoms with Crippen LogP contribution in [0.1, 0.15) is 22.2 Å². The summed E-state index contributed by atoms with van der Waals surface area (Å²) in [5, 5.41) is 1.43. The van der Waals surface area contributed by atoms with Crippen LogP contribution < -0.4 is 5.73 Å². The quantitative estimate of drug-likeness (QED) is 0.722. The highest BCUT2D eigenvalue weighted by atomic mass is 35.5. The van der Waals surface area contributed by atoms with Gasteiger partial charge in [-0.3, -0.25) is 0 Å². The van der Waals surface area contributed by atoms with Gasteiger partial charge in [0.2, 0.25) is 5.95 Å². The lowest BCUT2D eigenvalue weighted by Crippen LogP contribution is -2.01. The molecule has 3 rings (SSSR count). The minimum Gasteiger partial charge on any atom is -0.462 e. The predicted octanol–water partition coefficient (Wildman–Crippen LogP) is 4.08. The number of aromatic nitrogens is 2. The molecule has 0 unspecified atom stereocenters. The number of fused-ring (bicyclic) bond motifs is 1. The van der Waals surface area contributed by atoms with Crippen LogP contribution in [0.2, 0.25) is 5.02 Å². The summed E-state index contributed by atoms with van der Waals surface area (Å²) in [6.07, 6.45) is 0. The van der Waals surface area contributed by atoms with E-state index in [4.69, 9.17) is 22.1 Å². The van der Waals surface area contributed by atoms with Crippen molar-refractivity contribution < 1.29 is 9.53 Å². The smallest absolute Gasteiger partial charge is 0.348 e. The van der Waals surface area contributed by atoms with Crippen LogP contribution in [0.3, 0.4) is 0 Å². The summed E-state index contributed by atoms with van der Waals surface area (Å²) in [6, 6.07) is 7.30. The fourth-order valence-electron chi connectivity index (χ4n) is 2.34. The minimum absolute atomic E-state index is 0.166. The fraction of sp³-hybridized carbons (Fsp3) is 0.188. The van der Waals surface area contributed by atoms with E-state index >= 15 is 0 Å². The molecule has 0 fully saturated rings. The number of ether oxygens (including phenoxy) is 1. The summed E-state index contributed by atoms with van der Waals surface area (Å²) in [6.45, 7) is 4.04. The summed E-state index contributed by atoms with van der Waals surface area (Å²) in [7, 11) is 0. The lowest BCUT2D eigenvalue weighted by atomic mass is 10.0. The first-order valence-electron chi connectivity index (χ1n) is 7.00. The van der Waals surface area contributed by atoms with Crippen molar-refractivity contribution in [2.75, 3.05) is 12.3 Å². The summed E-state index contributed by atoms with van der Waals surface area (Å²) in [4.78, 5) is 21.7. The Morgan fingerprint density at radius 2 is 2.13 bits per heavy atom. The van der Waals surface area contributed by atoms with Crippen LogP contribution in [0.5, 0.6) is 0 Å². The number of carbonyl (C=O) groups excluding carboxylic acids is 1. The molecule has 0 saturated heterocycles. The number of hydrogen-bond acceptors (Lipinski definition) is 6. The normalized spacial score (nSPS) is 10.9. The van der Waals surface area contributed by atoms with E-state index in [9.17, 15) is 4.79 Å². The molecule has 1 aromatic carbocycles. The summed E-state index contributed by atoms with van der Waals surface area (Å²) in [5.41, 5.74) is 8.39. The van der Waals surface area contributed by atoms with Gasteiger partial charge in [0.05, 0.1) is 12.3 Å². The van der Waals surface area contributed by atoms with Crippen LogP contribution in [0.4, 0.5) is 5.95 Å². The van der Waals surface area contributed by atoms with Crippen LogP contribution >= 0.6 is 22.9 Å². The van der Waals surface area contributed by atoms with Crippen LogP contribution in [0, 0.1) is 6.92 Å². The van der Waals surface area contributed by atoms with Gasteiger partial charge in [-0.15, -0.1) is 11.3 Å². The number of hydrogen-bond donors (Lipinski definition) is 1. The summed E-state index contributed by atoms with van der Waals surface area (Å²) >= 11 is 7.26. The fourth-order valence-corrected chi connectivity index (χ4v) is 3.50. The molecule has 5 nitrogen and oxygen atoms in total. The average Bonchev–Trinajstić information content (AvgIpc) is 2.91. The Morgan fingerprint density at radius 3 is 2.83 bits per heavy atom. The van der Waals surface area contributed by atoms with E-state index in [1.807, 2.05) is 19.1 Å². The molecule has 2 aromatic heterocycles.